The smallest absolute Gasteiger partial charge is 0.252 e. The van der Waals surface area contributed by atoms with E-state index in [1.54, 1.807) is 17.6 Å². The van der Waals surface area contributed by atoms with Gasteiger partial charge in [0.05, 0.1) is 17.0 Å². The highest BCUT2D eigenvalue weighted by atomic mass is 32.1. The van der Waals surface area contributed by atoms with Gasteiger partial charge in [-0.05, 0) is 42.3 Å². The lowest BCUT2D eigenvalue weighted by molar-refractivity contribution is 0.0934. The Morgan fingerprint density at radius 1 is 1.26 bits per heavy atom. The Morgan fingerprint density at radius 3 is 2.89 bits per heavy atom. The van der Waals surface area contributed by atoms with Crippen LogP contribution in [0.2, 0.25) is 0 Å². The summed E-state index contributed by atoms with van der Waals surface area (Å²) in [5.41, 5.74) is 3.81. The molecule has 1 aromatic carbocycles. The van der Waals surface area contributed by atoms with Gasteiger partial charge >= 0.3 is 0 Å². The second kappa shape index (κ2) is 7.32. The molecule has 4 rings (SSSR count). The van der Waals surface area contributed by atoms with Crippen LogP contribution in [0.5, 0.6) is 5.75 Å². The summed E-state index contributed by atoms with van der Waals surface area (Å²) in [4.78, 5) is 28.4. The topological polar surface area (TPSA) is 68.3 Å². The van der Waals surface area contributed by atoms with Gasteiger partial charge < -0.3 is 10.1 Å². The SMILES string of the molecule is CC(=O)c1cc(C(=O)NC[C@H]2Cc3cc(-c4cccnc4)ccc3O2)cs1. The maximum atomic E-state index is 12.3. The molecule has 0 aliphatic carbocycles. The molecule has 0 spiro atoms. The van der Waals surface area contributed by atoms with Crippen LogP contribution >= 0.6 is 11.3 Å². The standard InChI is InChI=1S/C21H18N2O3S/c1-13(24)20-9-17(12-27-20)21(25)23-11-18-8-16-7-14(4-5-19(16)26-18)15-3-2-6-22-10-15/h2-7,9-10,12,18H,8,11H2,1H3,(H,23,25)/t18-/m1/s1. The van der Waals surface area contributed by atoms with Crippen LogP contribution in [-0.4, -0.2) is 29.3 Å². The molecule has 2 aromatic heterocycles. The van der Waals surface area contributed by atoms with Crippen LogP contribution in [0.3, 0.4) is 0 Å². The van der Waals surface area contributed by atoms with Crippen molar-refractivity contribution in [3.05, 3.63) is 70.2 Å². The number of rotatable bonds is 5. The van der Waals surface area contributed by atoms with E-state index < -0.39 is 0 Å². The van der Waals surface area contributed by atoms with E-state index >= 15 is 0 Å². The fourth-order valence-electron chi connectivity index (χ4n) is 3.10. The minimum Gasteiger partial charge on any atom is -0.488 e. The molecule has 3 heterocycles. The first-order chi connectivity index (χ1) is 13.1. The van der Waals surface area contributed by atoms with E-state index in [0.717, 1.165) is 28.9 Å². The highest BCUT2D eigenvalue weighted by molar-refractivity contribution is 7.12. The number of nitrogens with one attached hydrogen (secondary N) is 1. The number of ketones is 1. The van der Waals surface area contributed by atoms with Crippen molar-refractivity contribution in [1.29, 1.82) is 0 Å². The summed E-state index contributed by atoms with van der Waals surface area (Å²) in [6, 6.07) is 11.7. The number of hydrogen-bond donors (Lipinski definition) is 1. The molecule has 1 N–H and O–H groups in total. The number of carbonyl (C=O) groups is 2. The fraction of sp³-hybridized carbons (Fsp3) is 0.190. The van der Waals surface area contributed by atoms with Crippen molar-refractivity contribution in [3.8, 4) is 16.9 Å². The molecule has 0 fully saturated rings. The Hall–Kier alpha value is -2.99. The third-order valence-electron chi connectivity index (χ3n) is 4.50. The molecule has 0 radical (unpaired) electrons. The Morgan fingerprint density at radius 2 is 2.15 bits per heavy atom. The number of amides is 1. The number of Topliss-reactive ketones (excluding diaryl/α,β-unsaturated/α-hetero) is 1. The quantitative estimate of drug-likeness (QED) is 0.687. The third kappa shape index (κ3) is 3.75. The van der Waals surface area contributed by atoms with Crippen molar-refractivity contribution in [2.24, 2.45) is 0 Å². The van der Waals surface area contributed by atoms with Crippen LogP contribution < -0.4 is 10.1 Å². The van der Waals surface area contributed by atoms with Crippen molar-refractivity contribution >= 4 is 23.0 Å². The Kier molecular flexibility index (Phi) is 4.73. The number of nitrogens with zero attached hydrogens (tertiary/aromatic N) is 1. The molecule has 1 atom stereocenters. The zero-order valence-corrected chi connectivity index (χ0v) is 15.6. The monoisotopic (exact) mass is 378 g/mol. The first-order valence-electron chi connectivity index (χ1n) is 8.68. The lowest BCUT2D eigenvalue weighted by Crippen LogP contribution is -2.34. The molecule has 1 aliphatic rings. The summed E-state index contributed by atoms with van der Waals surface area (Å²) in [5, 5.41) is 4.60. The van der Waals surface area contributed by atoms with Gasteiger partial charge in [0.25, 0.3) is 5.91 Å². The van der Waals surface area contributed by atoms with E-state index in [-0.39, 0.29) is 17.8 Å². The van der Waals surface area contributed by atoms with Crippen molar-refractivity contribution in [2.45, 2.75) is 19.4 Å². The molecule has 0 saturated carbocycles. The Bertz CT molecular complexity index is 998. The van der Waals surface area contributed by atoms with Crippen LogP contribution in [-0.2, 0) is 6.42 Å². The number of fused-ring (bicyclic) bond motifs is 1. The van der Waals surface area contributed by atoms with Crippen LogP contribution in [0.1, 0.15) is 32.5 Å². The summed E-state index contributed by atoms with van der Waals surface area (Å²) < 4.78 is 5.95. The molecule has 3 aromatic rings. The molecule has 0 bridgehead atoms. The van der Waals surface area contributed by atoms with Gasteiger partial charge in [0.2, 0.25) is 0 Å². The molecular weight excluding hydrogens is 360 g/mol. The normalized spacial score (nSPS) is 15.1. The van der Waals surface area contributed by atoms with E-state index in [4.69, 9.17) is 4.74 Å². The molecule has 136 valence electrons. The van der Waals surface area contributed by atoms with E-state index in [9.17, 15) is 9.59 Å². The average molecular weight is 378 g/mol. The summed E-state index contributed by atoms with van der Waals surface area (Å²) >= 11 is 1.29. The molecule has 1 amide bonds. The zero-order valence-electron chi connectivity index (χ0n) is 14.8. The summed E-state index contributed by atoms with van der Waals surface area (Å²) in [6.07, 6.45) is 4.24. The van der Waals surface area contributed by atoms with Gasteiger partial charge in [0, 0.05) is 29.8 Å². The maximum absolute atomic E-state index is 12.3. The summed E-state index contributed by atoms with van der Waals surface area (Å²) in [5.74, 6) is 0.642. The van der Waals surface area contributed by atoms with E-state index in [1.165, 1.54) is 18.3 Å². The predicted molar refractivity (Wildman–Crippen MR) is 104 cm³/mol. The first-order valence-corrected chi connectivity index (χ1v) is 9.56. The van der Waals surface area contributed by atoms with Crippen molar-refractivity contribution in [3.63, 3.8) is 0 Å². The number of thiophene rings is 1. The van der Waals surface area contributed by atoms with Crippen LogP contribution in [0, 0.1) is 0 Å². The van der Waals surface area contributed by atoms with Crippen molar-refractivity contribution in [1.82, 2.24) is 10.3 Å². The lowest BCUT2D eigenvalue weighted by Gasteiger charge is -2.11. The predicted octanol–water partition coefficient (Wildman–Crippen LogP) is 3.75. The van der Waals surface area contributed by atoms with Gasteiger partial charge in [-0.15, -0.1) is 11.3 Å². The molecule has 1 aliphatic heterocycles. The Labute approximate surface area is 161 Å². The van der Waals surface area contributed by atoms with Gasteiger partial charge in [-0.3, -0.25) is 14.6 Å². The first kappa shape index (κ1) is 17.4. The lowest BCUT2D eigenvalue weighted by atomic mass is 10.0. The largest absolute Gasteiger partial charge is 0.488 e. The second-order valence-corrected chi connectivity index (χ2v) is 7.39. The molecule has 5 nitrogen and oxygen atoms in total. The van der Waals surface area contributed by atoms with E-state index in [1.807, 2.05) is 30.5 Å². The van der Waals surface area contributed by atoms with Crippen molar-refractivity contribution in [2.75, 3.05) is 6.54 Å². The third-order valence-corrected chi connectivity index (χ3v) is 5.53. The number of pyridine rings is 1. The summed E-state index contributed by atoms with van der Waals surface area (Å²) in [6.45, 7) is 1.91. The molecule has 0 saturated heterocycles. The number of benzene rings is 1. The number of hydrogen-bond acceptors (Lipinski definition) is 5. The highest BCUT2D eigenvalue weighted by Crippen LogP contribution is 2.32. The van der Waals surface area contributed by atoms with Gasteiger partial charge in [-0.25, -0.2) is 0 Å². The summed E-state index contributed by atoms with van der Waals surface area (Å²) in [7, 11) is 0. The number of ether oxygens (including phenoxy) is 1. The van der Waals surface area contributed by atoms with Gasteiger partial charge in [-0.2, -0.15) is 0 Å². The number of carbonyl (C=O) groups excluding carboxylic acids is 2. The maximum Gasteiger partial charge on any atom is 0.252 e. The van der Waals surface area contributed by atoms with Gasteiger partial charge in [0.15, 0.2) is 5.78 Å². The van der Waals surface area contributed by atoms with Crippen LogP contribution in [0.15, 0.2) is 54.2 Å². The van der Waals surface area contributed by atoms with E-state index in [2.05, 4.69) is 16.4 Å². The molecule has 0 unspecified atom stereocenters. The van der Waals surface area contributed by atoms with Crippen molar-refractivity contribution < 1.29 is 14.3 Å². The minimum atomic E-state index is -0.186. The van der Waals surface area contributed by atoms with Crippen LogP contribution in [0.4, 0.5) is 0 Å². The fourth-order valence-corrected chi connectivity index (χ4v) is 3.89. The molecule has 27 heavy (non-hydrogen) atoms. The Balaban J connectivity index is 1.38. The average Bonchev–Trinajstić information content (AvgIpc) is 3.33. The molecule has 6 heteroatoms. The minimum absolute atomic E-state index is 0.0296. The van der Waals surface area contributed by atoms with Gasteiger partial charge in [-0.1, -0.05) is 12.1 Å². The van der Waals surface area contributed by atoms with Gasteiger partial charge in [0.1, 0.15) is 11.9 Å². The molecular formula is C21H18N2O3S. The highest BCUT2D eigenvalue weighted by Gasteiger charge is 2.24. The zero-order chi connectivity index (χ0) is 18.8. The van der Waals surface area contributed by atoms with Crippen LogP contribution in [0.25, 0.3) is 11.1 Å². The number of aromatic nitrogens is 1. The second-order valence-electron chi connectivity index (χ2n) is 6.47. The van der Waals surface area contributed by atoms with E-state index in [0.29, 0.717) is 17.0 Å².